The number of hydrogen-bond donors (Lipinski definition) is 5. The molecule has 2 aromatic carbocycles. The normalized spacial score (nSPS) is 13.6. The van der Waals surface area contributed by atoms with Gasteiger partial charge >= 0.3 is 0 Å². The van der Waals surface area contributed by atoms with Crippen LogP contribution in [0.3, 0.4) is 0 Å². The van der Waals surface area contributed by atoms with E-state index in [1.165, 1.54) is 22.3 Å². The van der Waals surface area contributed by atoms with Crippen LogP contribution in [-0.4, -0.2) is 36.9 Å². The van der Waals surface area contributed by atoms with E-state index in [0.717, 1.165) is 11.1 Å². The monoisotopic (exact) mass is 663 g/mol. The van der Waals surface area contributed by atoms with E-state index in [0.29, 0.717) is 38.6 Å². The number of amides is 2. The Morgan fingerprint density at radius 3 is 1.31 bits per heavy atom. The smallest absolute Gasteiger partial charge is 0.239 e. The molecule has 0 aliphatic heterocycles. The summed E-state index contributed by atoms with van der Waals surface area (Å²) in [5.74, 6) is -0.821. The van der Waals surface area contributed by atoms with Crippen molar-refractivity contribution in [2.24, 2.45) is 33.3 Å². The minimum Gasteiger partial charge on any atom is -0.370 e. The predicted molar refractivity (Wildman–Crippen MR) is 202 cm³/mol. The summed E-state index contributed by atoms with van der Waals surface area (Å²) in [6, 6.07) is 12.6. The Kier molecular flexibility index (Phi) is 13.1. The van der Waals surface area contributed by atoms with Crippen LogP contribution in [0.4, 0.5) is 0 Å². The topological polar surface area (TPSA) is 163 Å². The van der Waals surface area contributed by atoms with Crippen LogP contribution in [-0.2, 0) is 44.1 Å². The number of rotatable bonds is 13. The number of primary amides is 1. The molecule has 9 N–H and O–H groups in total. The molecule has 0 heterocycles. The van der Waals surface area contributed by atoms with Gasteiger partial charge in [0.15, 0.2) is 5.96 Å². The summed E-state index contributed by atoms with van der Waals surface area (Å²) in [6.07, 6.45) is 2.46. The molecule has 0 aliphatic carbocycles. The second kappa shape index (κ2) is 15.4. The van der Waals surface area contributed by atoms with Gasteiger partial charge in [-0.05, 0) is 87.1 Å². The first-order chi connectivity index (χ1) is 21.8. The highest BCUT2D eigenvalue weighted by atomic mass is 16.2. The van der Waals surface area contributed by atoms with Gasteiger partial charge in [-0.1, -0.05) is 119 Å². The fraction of sp³-hybridized carbons (Fsp3) is 0.625. The predicted octanol–water partition coefficient (Wildman–Crippen LogP) is 6.02. The average molecular weight is 663 g/mol. The summed E-state index contributed by atoms with van der Waals surface area (Å²) in [7, 11) is 0. The van der Waals surface area contributed by atoms with Crippen LogP contribution in [0.15, 0.2) is 41.4 Å². The Labute approximate surface area is 291 Å². The largest absolute Gasteiger partial charge is 0.370 e. The Hall–Kier alpha value is -3.39. The van der Waals surface area contributed by atoms with Crippen LogP contribution < -0.4 is 28.3 Å². The Bertz CT molecular complexity index is 1300. The van der Waals surface area contributed by atoms with Crippen molar-refractivity contribution in [1.29, 1.82) is 0 Å². The van der Waals surface area contributed by atoms with Crippen LogP contribution in [0.1, 0.15) is 136 Å². The van der Waals surface area contributed by atoms with Crippen LogP contribution in [0, 0.1) is 5.41 Å². The summed E-state index contributed by atoms with van der Waals surface area (Å²) >= 11 is 0. The van der Waals surface area contributed by atoms with Crippen molar-refractivity contribution >= 4 is 17.8 Å². The standard InChI is InChI=1S/C40H66N6O2/c1-36(2,3)28-17-26(18-29(21-28)37(4,5)6)23-40(25-41,34(48)46-32(33(42)47)15-13-14-16-45-35(43)44)24-27-19-30(38(7,8)9)22-31(20-27)39(10,11)12/h17-22,32H,13-16,23-25,41H2,1-12H3,(H2,42,47)(H,46,48)(H4,43,44,45)/t32-/m0/s1. The van der Waals surface area contributed by atoms with Crippen molar-refractivity contribution in [2.45, 2.75) is 143 Å². The lowest BCUT2D eigenvalue weighted by Gasteiger charge is -2.35. The molecule has 1 atom stereocenters. The SMILES string of the molecule is CC(C)(C)c1cc(CC(CN)(Cc2cc(C(C)(C)C)cc(C(C)(C)C)c2)C(=O)N[C@@H](CCCCN=C(N)N)C(N)=O)cc(C(C)(C)C)c1. The van der Waals surface area contributed by atoms with Gasteiger partial charge in [0.25, 0.3) is 0 Å². The van der Waals surface area contributed by atoms with Crippen molar-refractivity contribution in [3.8, 4) is 0 Å². The maximum absolute atomic E-state index is 14.7. The third kappa shape index (κ3) is 11.6. The lowest BCUT2D eigenvalue weighted by Crippen LogP contribution is -2.54. The number of nitrogens with one attached hydrogen (secondary N) is 1. The number of unbranched alkanes of at least 4 members (excludes halogenated alkanes) is 1. The molecular weight excluding hydrogens is 596 g/mol. The second-order valence-corrected chi connectivity index (χ2v) is 17.9. The van der Waals surface area contributed by atoms with E-state index >= 15 is 0 Å². The molecule has 0 fully saturated rings. The molecule has 0 radical (unpaired) electrons. The van der Waals surface area contributed by atoms with E-state index in [4.69, 9.17) is 22.9 Å². The van der Waals surface area contributed by atoms with E-state index < -0.39 is 17.4 Å². The molecule has 48 heavy (non-hydrogen) atoms. The van der Waals surface area contributed by atoms with Gasteiger partial charge in [0, 0.05) is 13.1 Å². The molecule has 2 aromatic rings. The van der Waals surface area contributed by atoms with Crippen LogP contribution in [0.25, 0.3) is 0 Å². The van der Waals surface area contributed by atoms with Crippen LogP contribution in [0.2, 0.25) is 0 Å². The summed E-state index contributed by atoms with van der Waals surface area (Å²) < 4.78 is 0. The highest BCUT2D eigenvalue weighted by Gasteiger charge is 2.40. The van der Waals surface area contributed by atoms with E-state index in [-0.39, 0.29) is 40.1 Å². The number of nitrogens with zero attached hydrogens (tertiary/aromatic N) is 1. The molecule has 0 spiro atoms. The lowest BCUT2D eigenvalue weighted by molar-refractivity contribution is -0.134. The average Bonchev–Trinajstić information content (AvgIpc) is 2.93. The zero-order valence-corrected chi connectivity index (χ0v) is 32.1. The molecule has 0 saturated heterocycles. The molecule has 2 rings (SSSR count). The third-order valence-corrected chi connectivity index (χ3v) is 9.25. The highest BCUT2D eigenvalue weighted by molar-refractivity contribution is 5.90. The number of hydrogen-bond acceptors (Lipinski definition) is 4. The molecule has 0 saturated carbocycles. The fourth-order valence-corrected chi connectivity index (χ4v) is 5.83. The van der Waals surface area contributed by atoms with E-state index in [1.54, 1.807) is 0 Å². The minimum absolute atomic E-state index is 0.0257. The van der Waals surface area contributed by atoms with Gasteiger partial charge in [-0.2, -0.15) is 0 Å². The molecule has 0 bridgehead atoms. The molecule has 0 unspecified atom stereocenters. The molecule has 8 nitrogen and oxygen atoms in total. The molecule has 8 heteroatoms. The Morgan fingerprint density at radius 2 is 1.02 bits per heavy atom. The first-order valence-electron chi connectivity index (χ1n) is 17.4. The van der Waals surface area contributed by atoms with E-state index in [9.17, 15) is 9.59 Å². The highest BCUT2D eigenvalue weighted by Crippen LogP contribution is 2.37. The zero-order valence-electron chi connectivity index (χ0n) is 32.1. The number of benzene rings is 2. The number of aliphatic imine (C=N–C) groups is 1. The number of carbonyl (C=O) groups excluding carboxylic acids is 2. The molecule has 268 valence electrons. The first-order valence-corrected chi connectivity index (χ1v) is 17.4. The minimum atomic E-state index is -1.05. The third-order valence-electron chi connectivity index (χ3n) is 9.25. The Balaban J connectivity index is 2.74. The first kappa shape index (κ1) is 40.8. The molecule has 0 aliphatic rings. The van der Waals surface area contributed by atoms with Crippen LogP contribution in [0.5, 0.6) is 0 Å². The quantitative estimate of drug-likeness (QED) is 0.100. The lowest BCUT2D eigenvalue weighted by atomic mass is 9.71. The van der Waals surface area contributed by atoms with Crippen molar-refractivity contribution in [1.82, 2.24) is 5.32 Å². The summed E-state index contributed by atoms with van der Waals surface area (Å²) in [5.41, 5.74) is 28.9. The van der Waals surface area contributed by atoms with Gasteiger partial charge in [0.2, 0.25) is 11.8 Å². The van der Waals surface area contributed by atoms with E-state index in [2.05, 4.69) is 130 Å². The number of carbonyl (C=O) groups is 2. The molecule has 0 aromatic heterocycles. The maximum atomic E-state index is 14.7. The van der Waals surface area contributed by atoms with Crippen molar-refractivity contribution in [3.63, 3.8) is 0 Å². The number of guanidine groups is 1. The number of nitrogens with two attached hydrogens (primary N) is 4. The van der Waals surface area contributed by atoms with Gasteiger partial charge in [-0.25, -0.2) is 0 Å². The second-order valence-electron chi connectivity index (χ2n) is 17.9. The molecule has 2 amide bonds. The summed E-state index contributed by atoms with van der Waals surface area (Å²) in [5, 5.41) is 3.05. The summed E-state index contributed by atoms with van der Waals surface area (Å²) in [4.78, 5) is 31.4. The van der Waals surface area contributed by atoms with Gasteiger partial charge in [0.05, 0.1) is 5.41 Å². The van der Waals surface area contributed by atoms with Gasteiger partial charge in [0.1, 0.15) is 6.04 Å². The van der Waals surface area contributed by atoms with Crippen LogP contribution >= 0.6 is 0 Å². The summed E-state index contributed by atoms with van der Waals surface area (Å²) in [6.45, 7) is 27.0. The fourth-order valence-electron chi connectivity index (χ4n) is 5.83. The van der Waals surface area contributed by atoms with Gasteiger partial charge in [-0.15, -0.1) is 0 Å². The van der Waals surface area contributed by atoms with E-state index in [1.807, 2.05) is 0 Å². The van der Waals surface area contributed by atoms with Crippen molar-refractivity contribution < 1.29 is 9.59 Å². The van der Waals surface area contributed by atoms with Gasteiger partial charge < -0.3 is 28.3 Å². The van der Waals surface area contributed by atoms with Crippen molar-refractivity contribution in [2.75, 3.05) is 13.1 Å². The Morgan fingerprint density at radius 1 is 0.646 bits per heavy atom. The maximum Gasteiger partial charge on any atom is 0.239 e. The molecular formula is C40H66N6O2. The van der Waals surface area contributed by atoms with Crippen molar-refractivity contribution in [3.05, 3.63) is 69.8 Å². The van der Waals surface area contributed by atoms with Gasteiger partial charge in [-0.3, -0.25) is 14.6 Å². The zero-order chi connectivity index (χ0) is 36.9.